The van der Waals surface area contributed by atoms with Crippen molar-refractivity contribution in [2.24, 2.45) is 13.0 Å². The van der Waals surface area contributed by atoms with Gasteiger partial charge >= 0.3 is 0 Å². The van der Waals surface area contributed by atoms with Gasteiger partial charge in [0.1, 0.15) is 0 Å². The van der Waals surface area contributed by atoms with Crippen molar-refractivity contribution in [2.45, 2.75) is 31.7 Å². The molecule has 0 spiro atoms. The van der Waals surface area contributed by atoms with Crippen LogP contribution in [0.1, 0.15) is 25.8 Å². The maximum Gasteiger partial charge on any atom is 0.0477 e. The molecule has 2 heterocycles. The van der Waals surface area contributed by atoms with Gasteiger partial charge in [0.05, 0.1) is 0 Å². The number of piperidine rings is 1. The second-order valence-electron chi connectivity index (χ2n) is 6.78. The Hall–Kier alpha value is -1.28. The highest BCUT2D eigenvalue weighted by Gasteiger charge is 2.60. The monoisotopic (exact) mass is 254 g/mol. The molecule has 1 aromatic heterocycles. The van der Waals surface area contributed by atoms with E-state index in [9.17, 15) is 0 Å². The zero-order valence-electron chi connectivity index (χ0n) is 12.1. The van der Waals surface area contributed by atoms with Crippen LogP contribution < -0.4 is 0 Å². The molecule has 100 valence electrons. The van der Waals surface area contributed by atoms with Gasteiger partial charge in [0.15, 0.2) is 0 Å². The summed E-state index contributed by atoms with van der Waals surface area (Å²) in [6, 6.07) is 10.0. The highest BCUT2D eigenvalue weighted by atomic mass is 15.2. The highest BCUT2D eigenvalue weighted by molar-refractivity contribution is 5.81. The summed E-state index contributed by atoms with van der Waals surface area (Å²) in [6.45, 7) is 7.19. The molecule has 2 aliphatic rings. The summed E-state index contributed by atoms with van der Waals surface area (Å²) in [5, 5.41) is 1.39. The van der Waals surface area contributed by atoms with Crippen LogP contribution >= 0.6 is 0 Å². The average Bonchev–Trinajstić information content (AvgIpc) is 2.78. The van der Waals surface area contributed by atoms with Crippen LogP contribution in [-0.2, 0) is 12.5 Å². The number of hydrogen-bond acceptors (Lipinski definition) is 1. The van der Waals surface area contributed by atoms with Gasteiger partial charge in [-0.25, -0.2) is 0 Å². The van der Waals surface area contributed by atoms with E-state index >= 15 is 0 Å². The zero-order chi connectivity index (χ0) is 13.2. The van der Waals surface area contributed by atoms with Crippen molar-refractivity contribution in [3.05, 3.63) is 36.0 Å². The quantitative estimate of drug-likeness (QED) is 0.799. The molecule has 2 aromatic rings. The number of hydrogen-bond donors (Lipinski definition) is 0. The standard InChI is InChI=1S/C17H22N2/c1-12(2)19-10-15-9-17(15,11-19)14-4-5-16-13(8-14)6-7-18(16)3/h4-8,12,15H,9-11H2,1-3H3. The van der Waals surface area contributed by atoms with Crippen molar-refractivity contribution in [2.75, 3.05) is 13.1 Å². The van der Waals surface area contributed by atoms with Crippen LogP contribution in [0.3, 0.4) is 0 Å². The van der Waals surface area contributed by atoms with Crippen LogP contribution in [0, 0.1) is 5.92 Å². The van der Waals surface area contributed by atoms with Crippen LogP contribution in [0.5, 0.6) is 0 Å². The summed E-state index contributed by atoms with van der Waals surface area (Å²) in [6.07, 6.45) is 3.56. The summed E-state index contributed by atoms with van der Waals surface area (Å²) >= 11 is 0. The summed E-state index contributed by atoms with van der Waals surface area (Å²) in [5.41, 5.74) is 3.39. The van der Waals surface area contributed by atoms with Crippen molar-refractivity contribution in [3.63, 3.8) is 0 Å². The molecule has 2 fully saturated rings. The molecule has 2 atom stereocenters. The fraction of sp³-hybridized carbons (Fsp3) is 0.529. The molecule has 1 aliphatic carbocycles. The zero-order valence-corrected chi connectivity index (χ0v) is 12.1. The number of aryl methyl sites for hydroxylation is 1. The molecule has 0 N–H and O–H groups in total. The Balaban J connectivity index is 1.72. The molecule has 1 saturated heterocycles. The predicted molar refractivity (Wildman–Crippen MR) is 79.4 cm³/mol. The van der Waals surface area contributed by atoms with Crippen molar-refractivity contribution in [3.8, 4) is 0 Å². The lowest BCUT2D eigenvalue weighted by atomic mass is 9.94. The van der Waals surface area contributed by atoms with Gasteiger partial charge in [0.25, 0.3) is 0 Å². The van der Waals surface area contributed by atoms with E-state index in [0.717, 1.165) is 5.92 Å². The van der Waals surface area contributed by atoms with Crippen molar-refractivity contribution in [1.29, 1.82) is 0 Å². The number of nitrogens with zero attached hydrogens (tertiary/aromatic N) is 2. The molecule has 4 rings (SSSR count). The van der Waals surface area contributed by atoms with Gasteiger partial charge in [-0.1, -0.05) is 6.07 Å². The Bertz CT molecular complexity index is 640. The fourth-order valence-electron chi connectivity index (χ4n) is 3.95. The summed E-state index contributed by atoms with van der Waals surface area (Å²) in [4.78, 5) is 2.64. The lowest BCUT2D eigenvalue weighted by molar-refractivity contribution is 0.243. The number of aromatic nitrogens is 1. The van der Waals surface area contributed by atoms with E-state index in [4.69, 9.17) is 0 Å². The Kier molecular flexibility index (Phi) is 2.21. The topological polar surface area (TPSA) is 8.17 Å². The molecular formula is C17H22N2. The number of rotatable bonds is 2. The molecule has 1 aromatic carbocycles. The largest absolute Gasteiger partial charge is 0.351 e. The molecule has 2 heteroatoms. The first-order valence-electron chi connectivity index (χ1n) is 7.40. The van der Waals surface area contributed by atoms with E-state index in [1.165, 1.54) is 30.4 Å². The minimum atomic E-state index is 0.480. The summed E-state index contributed by atoms with van der Waals surface area (Å²) in [5.74, 6) is 0.899. The lowest BCUT2D eigenvalue weighted by Gasteiger charge is -2.24. The molecule has 0 bridgehead atoms. The molecule has 0 amide bonds. The molecular weight excluding hydrogens is 232 g/mol. The number of benzene rings is 1. The second kappa shape index (κ2) is 3.63. The minimum absolute atomic E-state index is 0.480. The molecule has 19 heavy (non-hydrogen) atoms. The van der Waals surface area contributed by atoms with E-state index in [1.54, 1.807) is 5.56 Å². The maximum absolute atomic E-state index is 2.64. The minimum Gasteiger partial charge on any atom is -0.351 e. The van der Waals surface area contributed by atoms with E-state index < -0.39 is 0 Å². The van der Waals surface area contributed by atoms with E-state index in [0.29, 0.717) is 11.5 Å². The third-order valence-electron chi connectivity index (χ3n) is 5.36. The van der Waals surface area contributed by atoms with Crippen molar-refractivity contribution in [1.82, 2.24) is 9.47 Å². The van der Waals surface area contributed by atoms with E-state index in [1.807, 2.05) is 0 Å². The van der Waals surface area contributed by atoms with Crippen molar-refractivity contribution >= 4 is 10.9 Å². The van der Waals surface area contributed by atoms with Gasteiger partial charge in [-0.05, 0) is 55.3 Å². The van der Waals surface area contributed by atoms with Gasteiger partial charge in [0, 0.05) is 43.3 Å². The average molecular weight is 254 g/mol. The molecule has 2 nitrogen and oxygen atoms in total. The second-order valence-corrected chi connectivity index (χ2v) is 6.78. The molecule has 2 unspecified atom stereocenters. The maximum atomic E-state index is 2.64. The highest BCUT2D eigenvalue weighted by Crippen LogP contribution is 2.59. The van der Waals surface area contributed by atoms with Gasteiger partial charge in [0.2, 0.25) is 0 Å². The first kappa shape index (κ1) is 11.5. The number of fused-ring (bicyclic) bond motifs is 2. The van der Waals surface area contributed by atoms with Gasteiger partial charge in [-0.2, -0.15) is 0 Å². The normalized spacial score (nSPS) is 30.2. The van der Waals surface area contributed by atoms with Crippen LogP contribution in [0.2, 0.25) is 0 Å². The summed E-state index contributed by atoms with van der Waals surface area (Å²) < 4.78 is 2.20. The van der Waals surface area contributed by atoms with Crippen LogP contribution in [0.15, 0.2) is 30.5 Å². The van der Waals surface area contributed by atoms with Gasteiger partial charge in [-0.3, -0.25) is 4.90 Å². The summed E-state index contributed by atoms with van der Waals surface area (Å²) in [7, 11) is 2.12. The molecule has 1 aliphatic heterocycles. The van der Waals surface area contributed by atoms with E-state index in [-0.39, 0.29) is 0 Å². The Morgan fingerprint density at radius 3 is 2.84 bits per heavy atom. The molecule has 0 radical (unpaired) electrons. The third-order valence-corrected chi connectivity index (χ3v) is 5.36. The van der Waals surface area contributed by atoms with Crippen molar-refractivity contribution < 1.29 is 0 Å². The van der Waals surface area contributed by atoms with Gasteiger partial charge < -0.3 is 4.57 Å². The fourth-order valence-corrected chi connectivity index (χ4v) is 3.95. The van der Waals surface area contributed by atoms with E-state index in [2.05, 4.69) is 60.8 Å². The Labute approximate surface area is 115 Å². The Morgan fingerprint density at radius 2 is 2.11 bits per heavy atom. The van der Waals surface area contributed by atoms with Crippen LogP contribution in [0.4, 0.5) is 0 Å². The first-order chi connectivity index (χ1) is 9.10. The molecule has 1 saturated carbocycles. The van der Waals surface area contributed by atoms with Crippen LogP contribution in [0.25, 0.3) is 10.9 Å². The first-order valence-corrected chi connectivity index (χ1v) is 7.40. The Morgan fingerprint density at radius 1 is 1.26 bits per heavy atom. The predicted octanol–water partition coefficient (Wildman–Crippen LogP) is 3.16. The lowest BCUT2D eigenvalue weighted by Crippen LogP contribution is -2.32. The number of likely N-dealkylation sites (tertiary alicyclic amines) is 1. The smallest absolute Gasteiger partial charge is 0.0477 e. The third kappa shape index (κ3) is 1.53. The SMILES string of the molecule is CC(C)N1CC2CC2(c2ccc3c(ccn3C)c2)C1. The van der Waals surface area contributed by atoms with Gasteiger partial charge in [-0.15, -0.1) is 0 Å². The van der Waals surface area contributed by atoms with Crippen LogP contribution in [-0.4, -0.2) is 28.6 Å².